The second kappa shape index (κ2) is 7.32. The molecule has 0 aliphatic rings. The van der Waals surface area contributed by atoms with Crippen LogP contribution in [0.3, 0.4) is 0 Å². The highest BCUT2D eigenvalue weighted by Gasteiger charge is 2.14. The van der Waals surface area contributed by atoms with Gasteiger partial charge in [0.05, 0.1) is 0 Å². The van der Waals surface area contributed by atoms with Crippen LogP contribution in [-0.4, -0.2) is 17.9 Å². The molecule has 0 saturated carbocycles. The topological polar surface area (TPSA) is 67.4 Å². The number of para-hydroxylation sites is 1. The summed E-state index contributed by atoms with van der Waals surface area (Å²) in [6.45, 7) is 3.51. The number of ether oxygens (including phenoxy) is 1. The Kier molecular flexibility index (Phi) is 5.70. The molecule has 1 aromatic rings. The quantitative estimate of drug-likeness (QED) is 0.776. The Balaban J connectivity index is 2.35. The molecule has 0 aliphatic carbocycles. The van der Waals surface area contributed by atoms with E-state index in [1.807, 2.05) is 25.1 Å². The molecule has 2 N–H and O–H groups in total. The number of amides is 2. The van der Waals surface area contributed by atoms with Crippen LogP contribution < -0.4 is 15.6 Å². The van der Waals surface area contributed by atoms with Gasteiger partial charge in [-0.15, -0.1) is 0 Å². The van der Waals surface area contributed by atoms with E-state index in [-0.39, 0.29) is 11.8 Å². The lowest BCUT2D eigenvalue weighted by molar-refractivity contribution is -0.132. The SMILES string of the molecule is CCCC(=O)NNC(=O)C(C)Oc1ccccc1. The van der Waals surface area contributed by atoms with E-state index in [1.54, 1.807) is 19.1 Å². The molecule has 0 saturated heterocycles. The van der Waals surface area contributed by atoms with E-state index in [1.165, 1.54) is 0 Å². The summed E-state index contributed by atoms with van der Waals surface area (Å²) in [7, 11) is 0. The van der Waals surface area contributed by atoms with Crippen LogP contribution in [0.1, 0.15) is 26.7 Å². The lowest BCUT2D eigenvalue weighted by atomic mass is 10.3. The third-order valence-electron chi connectivity index (χ3n) is 2.23. The van der Waals surface area contributed by atoms with Crippen molar-refractivity contribution in [2.75, 3.05) is 0 Å². The minimum Gasteiger partial charge on any atom is -0.481 e. The van der Waals surface area contributed by atoms with Crippen molar-refractivity contribution in [2.45, 2.75) is 32.8 Å². The highest BCUT2D eigenvalue weighted by atomic mass is 16.5. The van der Waals surface area contributed by atoms with Gasteiger partial charge in [0, 0.05) is 6.42 Å². The average Bonchev–Trinajstić information content (AvgIpc) is 2.37. The van der Waals surface area contributed by atoms with Gasteiger partial charge < -0.3 is 4.74 Å². The maximum atomic E-state index is 11.6. The molecule has 98 valence electrons. The maximum absolute atomic E-state index is 11.6. The monoisotopic (exact) mass is 250 g/mol. The van der Waals surface area contributed by atoms with E-state index in [2.05, 4.69) is 10.9 Å². The van der Waals surface area contributed by atoms with E-state index in [0.717, 1.165) is 6.42 Å². The molecular formula is C13H18N2O3. The zero-order chi connectivity index (χ0) is 13.4. The van der Waals surface area contributed by atoms with Crippen LogP contribution in [0.4, 0.5) is 0 Å². The van der Waals surface area contributed by atoms with Crippen molar-refractivity contribution in [1.29, 1.82) is 0 Å². The number of hydrazine groups is 1. The largest absolute Gasteiger partial charge is 0.481 e. The third-order valence-corrected chi connectivity index (χ3v) is 2.23. The molecular weight excluding hydrogens is 232 g/mol. The Morgan fingerprint density at radius 1 is 1.22 bits per heavy atom. The van der Waals surface area contributed by atoms with Gasteiger partial charge in [-0.3, -0.25) is 20.4 Å². The Labute approximate surface area is 106 Å². The molecule has 5 heteroatoms. The second-order valence-corrected chi connectivity index (χ2v) is 3.86. The summed E-state index contributed by atoms with van der Waals surface area (Å²) in [5.74, 6) is 0.0149. The molecule has 0 spiro atoms. The van der Waals surface area contributed by atoms with Gasteiger partial charge in [-0.25, -0.2) is 0 Å². The molecule has 1 atom stereocenters. The van der Waals surface area contributed by atoms with Gasteiger partial charge in [0.25, 0.3) is 5.91 Å². The summed E-state index contributed by atoms with van der Waals surface area (Å²) < 4.78 is 5.41. The van der Waals surface area contributed by atoms with Gasteiger partial charge in [-0.05, 0) is 25.5 Å². The van der Waals surface area contributed by atoms with Crippen molar-refractivity contribution in [3.8, 4) is 5.75 Å². The maximum Gasteiger partial charge on any atom is 0.279 e. The molecule has 1 rings (SSSR count). The van der Waals surface area contributed by atoms with Crippen LogP contribution >= 0.6 is 0 Å². The normalized spacial score (nSPS) is 11.4. The van der Waals surface area contributed by atoms with Crippen LogP contribution in [0.5, 0.6) is 5.75 Å². The first-order chi connectivity index (χ1) is 8.63. The number of carbonyl (C=O) groups excluding carboxylic acids is 2. The Morgan fingerprint density at radius 2 is 1.89 bits per heavy atom. The minimum absolute atomic E-state index is 0.210. The zero-order valence-electron chi connectivity index (χ0n) is 10.6. The molecule has 5 nitrogen and oxygen atoms in total. The van der Waals surface area contributed by atoms with Crippen LogP contribution in [0.15, 0.2) is 30.3 Å². The Hall–Kier alpha value is -2.04. The van der Waals surface area contributed by atoms with Crippen molar-refractivity contribution in [3.63, 3.8) is 0 Å². The lowest BCUT2D eigenvalue weighted by Gasteiger charge is -2.14. The van der Waals surface area contributed by atoms with Gasteiger partial charge >= 0.3 is 0 Å². The Bertz CT molecular complexity index is 392. The molecule has 0 heterocycles. The van der Waals surface area contributed by atoms with Crippen molar-refractivity contribution >= 4 is 11.8 Å². The van der Waals surface area contributed by atoms with Gasteiger partial charge in [0.1, 0.15) is 5.75 Å². The molecule has 0 aromatic heterocycles. The molecule has 0 radical (unpaired) electrons. The van der Waals surface area contributed by atoms with Gasteiger partial charge in [-0.2, -0.15) is 0 Å². The molecule has 1 unspecified atom stereocenters. The molecule has 1 aromatic carbocycles. The summed E-state index contributed by atoms with van der Waals surface area (Å²) in [6, 6.07) is 9.04. The molecule has 0 fully saturated rings. The summed E-state index contributed by atoms with van der Waals surface area (Å²) in [5.41, 5.74) is 4.66. The van der Waals surface area contributed by atoms with E-state index in [0.29, 0.717) is 12.2 Å². The standard InChI is InChI=1S/C13H18N2O3/c1-3-7-12(16)14-15-13(17)10(2)18-11-8-5-4-6-9-11/h4-6,8-10H,3,7H2,1-2H3,(H,14,16)(H,15,17). The van der Waals surface area contributed by atoms with E-state index in [9.17, 15) is 9.59 Å². The molecule has 2 amide bonds. The van der Waals surface area contributed by atoms with Crippen LogP contribution in [-0.2, 0) is 9.59 Å². The van der Waals surface area contributed by atoms with E-state index < -0.39 is 6.10 Å². The first kappa shape index (κ1) is 14.0. The number of rotatable bonds is 5. The summed E-state index contributed by atoms with van der Waals surface area (Å²) >= 11 is 0. The van der Waals surface area contributed by atoms with Crippen LogP contribution in [0, 0.1) is 0 Å². The molecule has 0 bridgehead atoms. The highest BCUT2D eigenvalue weighted by molar-refractivity contribution is 5.84. The summed E-state index contributed by atoms with van der Waals surface area (Å²) in [5, 5.41) is 0. The minimum atomic E-state index is -0.672. The smallest absolute Gasteiger partial charge is 0.279 e. The number of hydrogen-bond donors (Lipinski definition) is 2. The fourth-order valence-electron chi connectivity index (χ4n) is 1.28. The molecule has 18 heavy (non-hydrogen) atoms. The first-order valence-electron chi connectivity index (χ1n) is 5.94. The third kappa shape index (κ3) is 4.86. The average molecular weight is 250 g/mol. The van der Waals surface area contributed by atoms with Gasteiger partial charge in [-0.1, -0.05) is 25.1 Å². The second-order valence-electron chi connectivity index (χ2n) is 3.86. The van der Waals surface area contributed by atoms with Crippen molar-refractivity contribution < 1.29 is 14.3 Å². The predicted molar refractivity (Wildman–Crippen MR) is 67.7 cm³/mol. The number of hydrogen-bond acceptors (Lipinski definition) is 3. The first-order valence-corrected chi connectivity index (χ1v) is 5.94. The van der Waals surface area contributed by atoms with Crippen LogP contribution in [0.2, 0.25) is 0 Å². The number of nitrogens with one attached hydrogen (secondary N) is 2. The number of carbonyl (C=O) groups is 2. The van der Waals surface area contributed by atoms with E-state index >= 15 is 0 Å². The van der Waals surface area contributed by atoms with E-state index in [4.69, 9.17) is 4.74 Å². The van der Waals surface area contributed by atoms with Crippen molar-refractivity contribution in [3.05, 3.63) is 30.3 Å². The molecule has 0 aliphatic heterocycles. The zero-order valence-corrected chi connectivity index (χ0v) is 10.6. The highest BCUT2D eigenvalue weighted by Crippen LogP contribution is 2.10. The fraction of sp³-hybridized carbons (Fsp3) is 0.385. The Morgan fingerprint density at radius 3 is 2.50 bits per heavy atom. The van der Waals surface area contributed by atoms with Crippen molar-refractivity contribution in [1.82, 2.24) is 10.9 Å². The fourth-order valence-corrected chi connectivity index (χ4v) is 1.28. The van der Waals surface area contributed by atoms with Gasteiger partial charge in [0.2, 0.25) is 5.91 Å². The summed E-state index contributed by atoms with van der Waals surface area (Å²) in [4.78, 5) is 22.8. The van der Waals surface area contributed by atoms with Crippen LogP contribution in [0.25, 0.3) is 0 Å². The lowest BCUT2D eigenvalue weighted by Crippen LogP contribution is -2.47. The van der Waals surface area contributed by atoms with Gasteiger partial charge in [0.15, 0.2) is 6.10 Å². The van der Waals surface area contributed by atoms with Crippen molar-refractivity contribution in [2.24, 2.45) is 0 Å². The predicted octanol–water partition coefficient (Wildman–Crippen LogP) is 1.40. The number of benzene rings is 1. The summed E-state index contributed by atoms with van der Waals surface area (Å²) in [6.07, 6.45) is 0.445.